The van der Waals surface area contributed by atoms with E-state index in [0.29, 0.717) is 5.78 Å². The topological polar surface area (TPSA) is 29.1 Å². The molecule has 2 heteroatoms. The lowest BCUT2D eigenvalue weighted by molar-refractivity contribution is 0.0762. The third-order valence-corrected chi connectivity index (χ3v) is 4.08. The van der Waals surface area contributed by atoms with Crippen LogP contribution < -0.4 is 5.32 Å². The summed E-state index contributed by atoms with van der Waals surface area (Å²) in [5, 5.41) is 3.34. The van der Waals surface area contributed by atoms with E-state index < -0.39 is 0 Å². The van der Waals surface area contributed by atoms with Crippen LogP contribution in [0.4, 0.5) is 0 Å². The summed E-state index contributed by atoms with van der Waals surface area (Å²) in [6, 6.07) is 6.32. The normalized spacial score (nSPS) is 22.4. The Morgan fingerprint density at radius 2 is 2.00 bits per heavy atom. The molecule has 1 aromatic rings. The molecule has 1 spiro atoms. The smallest absolute Gasteiger partial charge is 0.169 e. The van der Waals surface area contributed by atoms with Crippen LogP contribution >= 0.6 is 0 Å². The first-order chi connectivity index (χ1) is 7.71. The Kier molecular flexibility index (Phi) is 2.15. The van der Waals surface area contributed by atoms with Crippen LogP contribution in [0.1, 0.15) is 34.3 Å². The zero-order chi connectivity index (χ0) is 11.2. The Morgan fingerprint density at radius 3 is 2.75 bits per heavy atom. The van der Waals surface area contributed by atoms with Crippen molar-refractivity contribution in [1.82, 2.24) is 5.32 Å². The minimum absolute atomic E-state index is 0.0681. The number of benzene rings is 1. The fourth-order valence-corrected chi connectivity index (χ4v) is 3.10. The maximum absolute atomic E-state index is 12.5. The van der Waals surface area contributed by atoms with E-state index in [2.05, 4.69) is 30.4 Å². The van der Waals surface area contributed by atoms with Gasteiger partial charge in [0.2, 0.25) is 0 Å². The molecule has 1 N–H and O–H groups in total. The van der Waals surface area contributed by atoms with Crippen LogP contribution in [-0.4, -0.2) is 18.9 Å². The first-order valence-electron chi connectivity index (χ1n) is 6.06. The van der Waals surface area contributed by atoms with Gasteiger partial charge in [0.05, 0.1) is 0 Å². The Hall–Kier alpha value is -1.15. The summed E-state index contributed by atoms with van der Waals surface area (Å²) in [5.74, 6) is 0.396. The zero-order valence-electron chi connectivity index (χ0n) is 9.68. The highest BCUT2D eigenvalue weighted by Gasteiger charge is 2.45. The lowest BCUT2D eigenvalue weighted by Gasteiger charge is -2.31. The van der Waals surface area contributed by atoms with Crippen LogP contribution in [0, 0.1) is 12.3 Å². The number of carbonyl (C=O) groups excluding carboxylic acids is 1. The average molecular weight is 215 g/mol. The van der Waals surface area contributed by atoms with Crippen molar-refractivity contribution >= 4 is 5.78 Å². The van der Waals surface area contributed by atoms with Crippen molar-refractivity contribution in [3.8, 4) is 0 Å². The molecule has 0 bridgehead atoms. The fraction of sp³-hybridized carbons (Fsp3) is 0.500. The van der Waals surface area contributed by atoms with Gasteiger partial charge in [-0.2, -0.15) is 0 Å². The van der Waals surface area contributed by atoms with E-state index in [4.69, 9.17) is 0 Å². The van der Waals surface area contributed by atoms with Gasteiger partial charge in [-0.05, 0) is 50.9 Å². The molecule has 3 rings (SSSR count). The fourth-order valence-electron chi connectivity index (χ4n) is 3.10. The maximum atomic E-state index is 12.5. The highest BCUT2D eigenvalue weighted by Crippen LogP contribution is 2.43. The lowest BCUT2D eigenvalue weighted by atomic mass is 9.75. The second-order valence-corrected chi connectivity index (χ2v) is 5.20. The van der Waals surface area contributed by atoms with Crippen LogP contribution in [0.2, 0.25) is 0 Å². The highest BCUT2D eigenvalue weighted by atomic mass is 16.1. The summed E-state index contributed by atoms with van der Waals surface area (Å²) in [7, 11) is 0. The summed E-state index contributed by atoms with van der Waals surface area (Å²) in [5.41, 5.74) is 3.37. The number of piperidine rings is 1. The first kappa shape index (κ1) is 10.0. The van der Waals surface area contributed by atoms with Crippen molar-refractivity contribution < 1.29 is 4.79 Å². The molecule has 1 aromatic carbocycles. The molecular formula is C14H17NO. The first-order valence-corrected chi connectivity index (χ1v) is 6.06. The number of Topliss-reactive ketones (excluding diaryl/α,β-unsaturated/α-hetero) is 1. The quantitative estimate of drug-likeness (QED) is 0.718. The third kappa shape index (κ3) is 1.33. The highest BCUT2D eigenvalue weighted by molar-refractivity contribution is 6.05. The van der Waals surface area contributed by atoms with Gasteiger partial charge in [0, 0.05) is 11.0 Å². The summed E-state index contributed by atoms with van der Waals surface area (Å²) < 4.78 is 0. The number of nitrogens with one attached hydrogen (secondary N) is 1. The molecule has 2 nitrogen and oxygen atoms in total. The van der Waals surface area contributed by atoms with Crippen LogP contribution in [0.3, 0.4) is 0 Å². The van der Waals surface area contributed by atoms with Gasteiger partial charge in [-0.1, -0.05) is 17.7 Å². The van der Waals surface area contributed by atoms with E-state index in [0.717, 1.165) is 37.9 Å². The maximum Gasteiger partial charge on any atom is 0.169 e. The molecule has 16 heavy (non-hydrogen) atoms. The van der Waals surface area contributed by atoms with E-state index in [-0.39, 0.29) is 5.41 Å². The predicted molar refractivity (Wildman–Crippen MR) is 63.8 cm³/mol. The standard InChI is InChI=1S/C14H17NO/c1-10-2-3-11-9-14(4-6-15-7-5-14)13(16)12(11)8-10/h2-3,8,15H,4-7,9H2,1H3. The third-order valence-electron chi connectivity index (χ3n) is 4.08. The summed E-state index contributed by atoms with van der Waals surface area (Å²) in [6.07, 6.45) is 2.96. The molecule has 0 amide bonds. The van der Waals surface area contributed by atoms with Crippen LogP contribution in [0.15, 0.2) is 18.2 Å². The Balaban J connectivity index is 2.02. The van der Waals surface area contributed by atoms with Gasteiger partial charge in [-0.3, -0.25) is 4.79 Å². The number of carbonyl (C=O) groups is 1. The van der Waals surface area contributed by atoms with Gasteiger partial charge in [0.25, 0.3) is 0 Å². The Labute approximate surface area is 96.1 Å². The van der Waals surface area contributed by atoms with Gasteiger partial charge in [0.15, 0.2) is 5.78 Å². The second kappa shape index (κ2) is 3.42. The number of hydrogen-bond donors (Lipinski definition) is 1. The summed E-state index contributed by atoms with van der Waals surface area (Å²) in [4.78, 5) is 12.5. The molecule has 1 saturated heterocycles. The van der Waals surface area contributed by atoms with Crippen molar-refractivity contribution in [2.75, 3.05) is 13.1 Å². The van der Waals surface area contributed by atoms with E-state index in [1.165, 1.54) is 11.1 Å². The second-order valence-electron chi connectivity index (χ2n) is 5.20. The van der Waals surface area contributed by atoms with Gasteiger partial charge >= 0.3 is 0 Å². The molecule has 1 heterocycles. The number of rotatable bonds is 0. The van der Waals surface area contributed by atoms with Crippen LogP contribution in [0.5, 0.6) is 0 Å². The molecule has 0 unspecified atom stereocenters. The van der Waals surface area contributed by atoms with Gasteiger partial charge in [-0.15, -0.1) is 0 Å². The average Bonchev–Trinajstić information content (AvgIpc) is 2.55. The van der Waals surface area contributed by atoms with Gasteiger partial charge in [0.1, 0.15) is 0 Å². The van der Waals surface area contributed by atoms with Crippen molar-refractivity contribution in [3.05, 3.63) is 34.9 Å². The predicted octanol–water partition coefficient (Wildman–Crippen LogP) is 2.10. The van der Waals surface area contributed by atoms with Crippen LogP contribution in [-0.2, 0) is 6.42 Å². The Bertz CT molecular complexity index is 444. The van der Waals surface area contributed by atoms with Crippen molar-refractivity contribution in [3.63, 3.8) is 0 Å². The summed E-state index contributed by atoms with van der Waals surface area (Å²) in [6.45, 7) is 4.03. The molecule has 0 saturated carbocycles. The molecule has 0 radical (unpaired) electrons. The van der Waals surface area contributed by atoms with E-state index in [9.17, 15) is 4.79 Å². The molecule has 0 atom stereocenters. The number of ketones is 1. The zero-order valence-corrected chi connectivity index (χ0v) is 9.68. The van der Waals surface area contributed by atoms with Crippen molar-refractivity contribution in [2.45, 2.75) is 26.2 Å². The number of fused-ring (bicyclic) bond motifs is 1. The molecule has 2 aliphatic rings. The van der Waals surface area contributed by atoms with E-state index in [1.54, 1.807) is 0 Å². The number of aryl methyl sites for hydroxylation is 1. The van der Waals surface area contributed by atoms with E-state index >= 15 is 0 Å². The van der Waals surface area contributed by atoms with Gasteiger partial charge < -0.3 is 5.32 Å². The Morgan fingerprint density at radius 1 is 1.25 bits per heavy atom. The van der Waals surface area contributed by atoms with Gasteiger partial charge in [-0.25, -0.2) is 0 Å². The van der Waals surface area contributed by atoms with E-state index in [1.807, 2.05) is 0 Å². The minimum Gasteiger partial charge on any atom is -0.317 e. The van der Waals surface area contributed by atoms with Crippen molar-refractivity contribution in [1.29, 1.82) is 0 Å². The number of hydrogen-bond acceptors (Lipinski definition) is 2. The molecule has 84 valence electrons. The summed E-state index contributed by atoms with van der Waals surface area (Å²) >= 11 is 0. The molecule has 1 aliphatic carbocycles. The minimum atomic E-state index is -0.0681. The largest absolute Gasteiger partial charge is 0.317 e. The molecule has 1 fully saturated rings. The SMILES string of the molecule is Cc1ccc2c(c1)C(=O)C1(CCNCC1)C2. The molecule has 0 aromatic heterocycles. The van der Waals surface area contributed by atoms with Crippen LogP contribution in [0.25, 0.3) is 0 Å². The monoisotopic (exact) mass is 215 g/mol. The molecule has 1 aliphatic heterocycles. The van der Waals surface area contributed by atoms with Crippen molar-refractivity contribution in [2.24, 2.45) is 5.41 Å². The molecular weight excluding hydrogens is 198 g/mol. The lowest BCUT2D eigenvalue weighted by Crippen LogP contribution is -2.40.